The normalized spacial score (nSPS) is 27.8. The van der Waals surface area contributed by atoms with Crippen LogP contribution in [0.15, 0.2) is 0 Å². The van der Waals surface area contributed by atoms with Gasteiger partial charge in [-0.1, -0.05) is 20.8 Å². The molecular weight excluding hydrogens is 202 g/mol. The third kappa shape index (κ3) is 2.58. The summed E-state index contributed by atoms with van der Waals surface area (Å²) in [4.78, 5) is 0. The molecule has 16 heavy (non-hydrogen) atoms. The Morgan fingerprint density at radius 2 is 1.88 bits per heavy atom. The molecule has 2 unspecified atom stereocenters. The zero-order valence-electron chi connectivity index (χ0n) is 11.2. The third-order valence-electron chi connectivity index (χ3n) is 4.16. The van der Waals surface area contributed by atoms with E-state index < -0.39 is 0 Å². The van der Waals surface area contributed by atoms with Crippen molar-refractivity contribution in [1.29, 1.82) is 0 Å². The fraction of sp³-hybridized carbons (Fsp3) is 1.00. The van der Waals surface area contributed by atoms with Gasteiger partial charge in [0.15, 0.2) is 0 Å². The number of nitrogens with one attached hydrogen (secondary N) is 1. The summed E-state index contributed by atoms with van der Waals surface area (Å²) in [6, 6.07) is 0.639. The molecule has 0 spiro atoms. The van der Waals surface area contributed by atoms with E-state index in [1.807, 2.05) is 0 Å². The molecule has 2 atom stereocenters. The minimum absolute atomic E-state index is 0.351. The molecule has 1 saturated carbocycles. The number of rotatable bonds is 8. The first-order valence-electron chi connectivity index (χ1n) is 6.59. The van der Waals surface area contributed by atoms with Gasteiger partial charge in [0.2, 0.25) is 0 Å². The lowest BCUT2D eigenvalue weighted by molar-refractivity contribution is -0.146. The van der Waals surface area contributed by atoms with Crippen molar-refractivity contribution in [3.63, 3.8) is 0 Å². The van der Waals surface area contributed by atoms with Crippen molar-refractivity contribution in [3.05, 3.63) is 0 Å². The predicted octanol–water partition coefficient (Wildman–Crippen LogP) is 2.21. The first kappa shape index (κ1) is 13.9. The molecule has 0 aromatic carbocycles. The van der Waals surface area contributed by atoms with Crippen molar-refractivity contribution in [1.82, 2.24) is 5.32 Å². The Bertz CT molecular complexity index is 190. The van der Waals surface area contributed by atoms with Crippen LogP contribution in [-0.4, -0.2) is 39.0 Å². The van der Waals surface area contributed by atoms with Crippen LogP contribution in [-0.2, 0) is 9.47 Å². The zero-order valence-corrected chi connectivity index (χ0v) is 11.2. The number of methoxy groups -OCH3 is 1. The summed E-state index contributed by atoms with van der Waals surface area (Å²) in [5.74, 6) is 0. The maximum absolute atomic E-state index is 5.93. The first-order chi connectivity index (χ1) is 7.75. The number of hydrogen-bond acceptors (Lipinski definition) is 3. The van der Waals surface area contributed by atoms with Crippen molar-refractivity contribution < 1.29 is 9.47 Å². The lowest BCUT2D eigenvalue weighted by atomic mass is 9.58. The Labute approximate surface area is 99.9 Å². The van der Waals surface area contributed by atoms with Gasteiger partial charge in [0.1, 0.15) is 0 Å². The van der Waals surface area contributed by atoms with E-state index in [9.17, 15) is 0 Å². The summed E-state index contributed by atoms with van der Waals surface area (Å²) in [6.45, 7) is 9.21. The second-order valence-corrected chi connectivity index (χ2v) is 4.64. The zero-order chi connectivity index (χ0) is 12.0. The van der Waals surface area contributed by atoms with E-state index in [1.54, 1.807) is 7.11 Å². The standard InChI is InChI=1S/C13H27NO2/c1-5-13(6-2)11(14-7-3)10-12(13)16-9-8-15-4/h11-12,14H,5-10H2,1-4H3. The summed E-state index contributed by atoms with van der Waals surface area (Å²) in [6.07, 6.45) is 3.96. The lowest BCUT2D eigenvalue weighted by Gasteiger charge is -2.55. The molecule has 3 heteroatoms. The van der Waals surface area contributed by atoms with Crippen LogP contribution >= 0.6 is 0 Å². The van der Waals surface area contributed by atoms with Crippen molar-refractivity contribution in [2.24, 2.45) is 5.41 Å². The van der Waals surface area contributed by atoms with Gasteiger partial charge in [-0.2, -0.15) is 0 Å². The summed E-state index contributed by atoms with van der Waals surface area (Å²) < 4.78 is 11.0. The molecule has 0 aromatic rings. The third-order valence-corrected chi connectivity index (χ3v) is 4.16. The van der Waals surface area contributed by atoms with E-state index in [0.29, 0.717) is 24.2 Å². The molecule has 0 aliphatic heterocycles. The maximum atomic E-state index is 5.93. The van der Waals surface area contributed by atoms with Crippen molar-refractivity contribution in [3.8, 4) is 0 Å². The minimum Gasteiger partial charge on any atom is -0.382 e. The Kier molecular flexibility index (Phi) is 5.73. The largest absolute Gasteiger partial charge is 0.382 e. The Hall–Kier alpha value is -0.120. The first-order valence-corrected chi connectivity index (χ1v) is 6.59. The van der Waals surface area contributed by atoms with Gasteiger partial charge in [-0.05, 0) is 25.8 Å². The quantitative estimate of drug-likeness (QED) is 0.647. The highest BCUT2D eigenvalue weighted by atomic mass is 16.5. The number of hydrogen-bond donors (Lipinski definition) is 1. The van der Waals surface area contributed by atoms with Crippen LogP contribution < -0.4 is 5.32 Å². The molecule has 0 amide bonds. The second-order valence-electron chi connectivity index (χ2n) is 4.64. The van der Waals surface area contributed by atoms with Crippen LogP contribution in [0.4, 0.5) is 0 Å². The maximum Gasteiger partial charge on any atom is 0.0704 e. The van der Waals surface area contributed by atoms with E-state index in [1.165, 1.54) is 12.8 Å². The highest BCUT2D eigenvalue weighted by Gasteiger charge is 2.52. The lowest BCUT2D eigenvalue weighted by Crippen LogP contribution is -2.63. The fourth-order valence-corrected chi connectivity index (χ4v) is 2.99. The topological polar surface area (TPSA) is 30.5 Å². The Morgan fingerprint density at radius 1 is 1.19 bits per heavy atom. The Morgan fingerprint density at radius 3 is 2.38 bits per heavy atom. The molecular formula is C13H27NO2. The average Bonchev–Trinajstić information content (AvgIpc) is 2.29. The van der Waals surface area contributed by atoms with Crippen LogP contribution in [0.25, 0.3) is 0 Å². The average molecular weight is 229 g/mol. The molecule has 0 aromatic heterocycles. The molecule has 3 nitrogen and oxygen atoms in total. The van der Waals surface area contributed by atoms with Gasteiger partial charge in [-0.3, -0.25) is 0 Å². The van der Waals surface area contributed by atoms with Crippen molar-refractivity contribution in [2.45, 2.75) is 52.2 Å². The molecule has 1 rings (SSSR count). The second kappa shape index (κ2) is 6.58. The minimum atomic E-state index is 0.351. The summed E-state index contributed by atoms with van der Waals surface area (Å²) in [7, 11) is 1.72. The van der Waals surface area contributed by atoms with Crippen LogP contribution in [0, 0.1) is 5.41 Å². The molecule has 0 saturated heterocycles. The van der Waals surface area contributed by atoms with Gasteiger partial charge >= 0.3 is 0 Å². The van der Waals surface area contributed by atoms with E-state index in [-0.39, 0.29) is 0 Å². The Balaban J connectivity index is 2.47. The monoisotopic (exact) mass is 229 g/mol. The smallest absolute Gasteiger partial charge is 0.0704 e. The van der Waals surface area contributed by atoms with Crippen molar-refractivity contribution >= 4 is 0 Å². The van der Waals surface area contributed by atoms with E-state index in [2.05, 4.69) is 26.1 Å². The highest BCUT2D eigenvalue weighted by Crippen LogP contribution is 2.48. The van der Waals surface area contributed by atoms with Gasteiger partial charge in [0.05, 0.1) is 19.3 Å². The SMILES string of the molecule is CCNC1CC(OCCOC)C1(CC)CC. The van der Waals surface area contributed by atoms with E-state index in [0.717, 1.165) is 19.6 Å². The molecule has 1 aliphatic rings. The predicted molar refractivity (Wildman–Crippen MR) is 66.7 cm³/mol. The molecule has 1 N–H and O–H groups in total. The van der Waals surface area contributed by atoms with Crippen LogP contribution in [0.3, 0.4) is 0 Å². The summed E-state index contributed by atoms with van der Waals surface area (Å²) in [5, 5.41) is 3.58. The molecule has 1 aliphatic carbocycles. The molecule has 0 heterocycles. The molecule has 96 valence electrons. The molecule has 0 radical (unpaired) electrons. The van der Waals surface area contributed by atoms with Gasteiger partial charge in [-0.15, -0.1) is 0 Å². The molecule has 0 bridgehead atoms. The van der Waals surface area contributed by atoms with Gasteiger partial charge in [-0.25, -0.2) is 0 Å². The fourth-order valence-electron chi connectivity index (χ4n) is 2.99. The molecule has 1 fully saturated rings. The van der Waals surface area contributed by atoms with E-state index in [4.69, 9.17) is 9.47 Å². The summed E-state index contributed by atoms with van der Waals surface area (Å²) >= 11 is 0. The van der Waals surface area contributed by atoms with Crippen LogP contribution in [0.1, 0.15) is 40.0 Å². The van der Waals surface area contributed by atoms with E-state index >= 15 is 0 Å². The van der Waals surface area contributed by atoms with Gasteiger partial charge < -0.3 is 14.8 Å². The highest BCUT2D eigenvalue weighted by molar-refractivity contribution is 5.06. The number of ether oxygens (including phenoxy) is 2. The van der Waals surface area contributed by atoms with Gasteiger partial charge in [0.25, 0.3) is 0 Å². The van der Waals surface area contributed by atoms with Crippen LogP contribution in [0.5, 0.6) is 0 Å². The van der Waals surface area contributed by atoms with Crippen LogP contribution in [0.2, 0.25) is 0 Å². The summed E-state index contributed by atoms with van der Waals surface area (Å²) in [5.41, 5.74) is 0.351. The van der Waals surface area contributed by atoms with Gasteiger partial charge in [0, 0.05) is 18.6 Å². The van der Waals surface area contributed by atoms with Crippen molar-refractivity contribution in [2.75, 3.05) is 26.9 Å².